The third kappa shape index (κ3) is 44.7. The van der Waals surface area contributed by atoms with Crippen LogP contribution in [0.2, 0.25) is 0 Å². The maximum Gasteiger partial charge on any atom is 0.306 e. The predicted molar refractivity (Wildman–Crippen MR) is 229 cm³/mol. The van der Waals surface area contributed by atoms with Gasteiger partial charge in [-0.15, -0.1) is 0 Å². The number of ether oxygens (including phenoxy) is 2. The van der Waals surface area contributed by atoms with Crippen LogP contribution in [0.4, 0.5) is 0 Å². The molecule has 2 unspecified atom stereocenters. The van der Waals surface area contributed by atoms with Crippen molar-refractivity contribution in [3.8, 4) is 0 Å². The van der Waals surface area contributed by atoms with Gasteiger partial charge in [0.25, 0.3) is 0 Å². The fourth-order valence-electron chi connectivity index (χ4n) is 6.85. The lowest BCUT2D eigenvalue weighted by atomic mass is 10.1. The Morgan fingerprint density at radius 2 is 0.636 bits per heavy atom. The van der Waals surface area contributed by atoms with Gasteiger partial charge in [0.2, 0.25) is 0 Å². The number of halogens is 2. The van der Waals surface area contributed by atoms with E-state index >= 15 is 0 Å². The summed E-state index contributed by atoms with van der Waals surface area (Å²) in [6, 6.07) is 0. The molecule has 0 fully saturated rings. The largest absolute Gasteiger partial charge is 1.00 e. The third-order valence-electron chi connectivity index (χ3n) is 9.97. The smallest absolute Gasteiger partial charge is 0.306 e. The normalized spacial score (nSPS) is 13.1. The summed E-state index contributed by atoms with van der Waals surface area (Å²) in [6.07, 6.45) is 42.8. The van der Waals surface area contributed by atoms with Crippen LogP contribution >= 0.6 is 0 Å². The Bertz CT molecular complexity index is 914. The van der Waals surface area contributed by atoms with E-state index in [1.54, 1.807) is 0 Å². The second-order valence-electron chi connectivity index (χ2n) is 18.0. The summed E-state index contributed by atoms with van der Waals surface area (Å²) < 4.78 is 13.5. The van der Waals surface area contributed by atoms with Crippen molar-refractivity contribution in [3.63, 3.8) is 0 Å². The molecule has 0 heterocycles. The van der Waals surface area contributed by atoms with E-state index < -0.39 is 12.2 Å². The molecule has 0 N–H and O–H groups in total. The van der Waals surface area contributed by atoms with Crippen molar-refractivity contribution in [3.05, 3.63) is 24.3 Å². The zero-order chi connectivity index (χ0) is 39.5. The lowest BCUT2D eigenvalue weighted by Crippen LogP contribution is -3.00. The summed E-state index contributed by atoms with van der Waals surface area (Å²) in [5, 5.41) is 0. The zero-order valence-electron chi connectivity index (χ0n) is 37.7. The summed E-state index contributed by atoms with van der Waals surface area (Å²) in [5.41, 5.74) is 0. The van der Waals surface area contributed by atoms with Crippen LogP contribution in [-0.2, 0) is 19.1 Å². The zero-order valence-corrected chi connectivity index (χ0v) is 42.0. The molecule has 0 saturated carbocycles. The number of unbranched alkanes of at least 4 members (excludes halogenated alkanes) is 23. The van der Waals surface area contributed by atoms with Gasteiger partial charge in [0, 0.05) is 12.8 Å². The van der Waals surface area contributed by atoms with E-state index in [2.05, 4.69) is 80.4 Å². The van der Waals surface area contributed by atoms with Crippen LogP contribution < -0.4 is 48.0 Å². The molecule has 0 aliphatic rings. The van der Waals surface area contributed by atoms with Gasteiger partial charge in [-0.1, -0.05) is 147 Å². The molecular formula is C47H92I2N2O4. The van der Waals surface area contributed by atoms with Crippen molar-refractivity contribution in [2.75, 3.05) is 55.4 Å². The highest BCUT2D eigenvalue weighted by Gasteiger charge is 2.37. The first-order valence-electron chi connectivity index (χ1n) is 22.7. The van der Waals surface area contributed by atoms with Gasteiger partial charge in [-0.05, 0) is 64.2 Å². The number of carbonyl (C=O) groups excluding carboxylic acids is 2. The van der Waals surface area contributed by atoms with Crippen LogP contribution in [0.15, 0.2) is 24.3 Å². The molecule has 55 heavy (non-hydrogen) atoms. The lowest BCUT2D eigenvalue weighted by Gasteiger charge is -2.36. The quantitative estimate of drug-likeness (QED) is 0.0228. The third-order valence-corrected chi connectivity index (χ3v) is 9.97. The molecular weight excluding hydrogens is 910 g/mol. The van der Waals surface area contributed by atoms with Gasteiger partial charge in [0.1, 0.15) is 13.1 Å². The van der Waals surface area contributed by atoms with Gasteiger partial charge in [-0.25, -0.2) is 0 Å². The van der Waals surface area contributed by atoms with Crippen LogP contribution in [0, 0.1) is 0 Å². The van der Waals surface area contributed by atoms with Crippen molar-refractivity contribution in [2.45, 2.75) is 212 Å². The molecule has 8 heteroatoms. The van der Waals surface area contributed by atoms with E-state index in [-0.39, 0.29) is 59.9 Å². The van der Waals surface area contributed by atoms with Gasteiger partial charge in [-0.3, -0.25) is 9.59 Å². The van der Waals surface area contributed by atoms with E-state index in [1.165, 1.54) is 122 Å². The Kier molecular flexibility index (Phi) is 43.6. The number of allylic oxidation sites excluding steroid dienone is 4. The first-order chi connectivity index (χ1) is 25.4. The van der Waals surface area contributed by atoms with Crippen molar-refractivity contribution in [1.82, 2.24) is 0 Å². The molecule has 2 atom stereocenters. The molecule has 0 saturated heterocycles. The van der Waals surface area contributed by atoms with E-state index in [4.69, 9.17) is 9.47 Å². The van der Waals surface area contributed by atoms with Gasteiger partial charge in [-0.2, -0.15) is 0 Å². The first-order valence-corrected chi connectivity index (χ1v) is 22.7. The second-order valence-corrected chi connectivity index (χ2v) is 18.0. The Hall–Kier alpha value is -0.200. The molecule has 0 bridgehead atoms. The molecule has 0 rings (SSSR count). The van der Waals surface area contributed by atoms with Gasteiger partial charge in [0.05, 0.1) is 42.3 Å². The molecule has 0 aromatic rings. The summed E-state index contributed by atoms with van der Waals surface area (Å²) in [4.78, 5) is 26.2. The summed E-state index contributed by atoms with van der Waals surface area (Å²) in [5.74, 6) is -0.340. The Labute approximate surface area is 377 Å². The van der Waals surface area contributed by atoms with Crippen molar-refractivity contribution >= 4 is 11.9 Å². The van der Waals surface area contributed by atoms with E-state index in [0.29, 0.717) is 34.9 Å². The molecule has 6 nitrogen and oxygen atoms in total. The van der Waals surface area contributed by atoms with Gasteiger partial charge < -0.3 is 66.4 Å². The monoisotopic (exact) mass is 1000 g/mol. The second kappa shape index (κ2) is 40.6. The average Bonchev–Trinajstić information content (AvgIpc) is 3.08. The fourth-order valence-corrected chi connectivity index (χ4v) is 6.85. The van der Waals surface area contributed by atoms with Gasteiger partial charge in [0.15, 0.2) is 12.2 Å². The molecule has 0 amide bonds. The Morgan fingerprint density at radius 1 is 0.400 bits per heavy atom. The van der Waals surface area contributed by atoms with Crippen molar-refractivity contribution in [2.24, 2.45) is 0 Å². The Morgan fingerprint density at radius 3 is 0.891 bits per heavy atom. The summed E-state index contributed by atoms with van der Waals surface area (Å²) >= 11 is 0. The number of esters is 2. The van der Waals surface area contributed by atoms with E-state index in [1.807, 2.05) is 0 Å². The molecule has 0 aromatic carbocycles. The topological polar surface area (TPSA) is 52.6 Å². The summed E-state index contributed by atoms with van der Waals surface area (Å²) in [6.45, 7) is 5.75. The number of carbonyl (C=O) groups is 2. The SMILES string of the molecule is CCCCCCCC/C=C/CCCCCCCC(=O)OC(C[N+](C)(C)C)C(C[N+](C)(C)C)OC(=O)CCCCCCC/C=C/CCCCCCCCC.[I-].[I-]. The molecule has 0 aliphatic carbocycles. The minimum atomic E-state index is -0.467. The highest BCUT2D eigenvalue weighted by Crippen LogP contribution is 2.18. The number of nitrogens with zero attached hydrogens (tertiary/aromatic N) is 2. The highest BCUT2D eigenvalue weighted by atomic mass is 127. The number of quaternary nitrogens is 2. The first kappa shape index (κ1) is 59.1. The van der Waals surface area contributed by atoms with E-state index in [0.717, 1.165) is 51.4 Å². The van der Waals surface area contributed by atoms with Crippen LogP contribution in [-0.4, -0.2) is 88.5 Å². The van der Waals surface area contributed by atoms with Crippen molar-refractivity contribution in [1.29, 1.82) is 0 Å². The Balaban J connectivity index is -0.0000135. The van der Waals surface area contributed by atoms with Crippen LogP contribution in [0.5, 0.6) is 0 Å². The van der Waals surface area contributed by atoms with E-state index in [9.17, 15) is 9.59 Å². The van der Waals surface area contributed by atoms with Crippen LogP contribution in [0.1, 0.15) is 200 Å². The molecule has 328 valence electrons. The number of hydrogen-bond acceptors (Lipinski definition) is 4. The predicted octanol–water partition coefficient (Wildman–Crippen LogP) is 6.70. The molecule has 0 spiro atoms. The standard InChI is InChI=1S/C47H92N2O4.2HI/c1-9-11-13-15-17-19-21-23-25-27-29-31-33-35-37-39-41-47(51)53-45(43-49(6,7)8)44(42-48(3,4)5)52-46(50)40-38-36-34-32-30-28-26-24-22-20-18-16-14-12-10-2;;/h24-27,44-45H,9-23,28-43H2,1-8H3;2*1H/q+2;;/p-2/b26-24+,27-25+;;. The maximum absolute atomic E-state index is 13.1. The van der Waals surface area contributed by atoms with Crippen molar-refractivity contribution < 1.29 is 76.0 Å². The highest BCUT2D eigenvalue weighted by molar-refractivity contribution is 5.70. The lowest BCUT2D eigenvalue weighted by molar-refractivity contribution is -0.882. The molecule has 0 radical (unpaired) electrons. The van der Waals surface area contributed by atoms with Gasteiger partial charge >= 0.3 is 11.9 Å². The van der Waals surface area contributed by atoms with Crippen LogP contribution in [0.3, 0.4) is 0 Å². The minimum absolute atomic E-state index is 0. The average molecular weight is 1000 g/mol. The maximum atomic E-state index is 13.1. The minimum Gasteiger partial charge on any atom is -1.00 e. The fraction of sp³-hybridized carbons (Fsp3) is 0.872. The molecule has 0 aromatic heterocycles. The number of likely N-dealkylation sites (N-methyl/N-ethyl adjacent to an activating group) is 2. The number of rotatable bonds is 38. The molecule has 0 aliphatic heterocycles. The number of hydrogen-bond donors (Lipinski definition) is 0. The summed E-state index contributed by atoms with van der Waals surface area (Å²) in [7, 11) is 12.6. The van der Waals surface area contributed by atoms with Crippen LogP contribution in [0.25, 0.3) is 0 Å².